The molecule has 2 aromatic rings. The first kappa shape index (κ1) is 11.1. The van der Waals surface area contributed by atoms with Gasteiger partial charge in [-0.15, -0.1) is 0 Å². The minimum atomic E-state index is 0.598. The van der Waals surface area contributed by atoms with Gasteiger partial charge in [0.1, 0.15) is 5.82 Å². The largest absolute Gasteiger partial charge is 0.283 e. The van der Waals surface area contributed by atoms with Gasteiger partial charge in [0.05, 0.1) is 0 Å². The molecule has 3 nitrogen and oxygen atoms in total. The third kappa shape index (κ3) is 2.22. The fourth-order valence-corrected chi connectivity index (χ4v) is 1.86. The van der Waals surface area contributed by atoms with Crippen molar-refractivity contribution in [1.29, 1.82) is 0 Å². The fraction of sp³-hybridized carbons (Fsp3) is 0.333. The smallest absolute Gasteiger partial charge is 0.215 e. The second-order valence-electron chi connectivity index (χ2n) is 4.12. The Morgan fingerprint density at radius 1 is 1.38 bits per heavy atom. The number of nitrogens with zero attached hydrogens (tertiary/aromatic N) is 2. The van der Waals surface area contributed by atoms with Gasteiger partial charge in [0.15, 0.2) is 0 Å². The first-order chi connectivity index (χ1) is 7.56. The van der Waals surface area contributed by atoms with Crippen molar-refractivity contribution in [3.05, 3.63) is 45.5 Å². The molecule has 1 aromatic carbocycles. The van der Waals surface area contributed by atoms with Crippen LogP contribution in [0.25, 0.3) is 0 Å². The van der Waals surface area contributed by atoms with E-state index in [9.17, 15) is 0 Å². The highest BCUT2D eigenvalue weighted by molar-refractivity contribution is 7.71. The van der Waals surface area contributed by atoms with E-state index in [2.05, 4.69) is 42.1 Å². The summed E-state index contributed by atoms with van der Waals surface area (Å²) >= 11 is 5.07. The third-order valence-corrected chi connectivity index (χ3v) is 3.04. The molecule has 0 bridgehead atoms. The zero-order chi connectivity index (χ0) is 11.7. The highest BCUT2D eigenvalue weighted by Gasteiger charge is 2.04. The van der Waals surface area contributed by atoms with Crippen LogP contribution in [0.5, 0.6) is 0 Å². The molecule has 16 heavy (non-hydrogen) atoms. The van der Waals surface area contributed by atoms with E-state index in [1.807, 2.05) is 7.05 Å². The van der Waals surface area contributed by atoms with Gasteiger partial charge in [0.25, 0.3) is 0 Å². The van der Waals surface area contributed by atoms with Crippen molar-refractivity contribution in [3.63, 3.8) is 0 Å². The molecule has 0 radical (unpaired) electrons. The molecule has 2 rings (SSSR count). The molecule has 0 saturated heterocycles. The van der Waals surface area contributed by atoms with Crippen LogP contribution in [-0.4, -0.2) is 14.8 Å². The van der Waals surface area contributed by atoms with Gasteiger partial charge in [-0.2, -0.15) is 0 Å². The monoisotopic (exact) mass is 233 g/mol. The molecular weight excluding hydrogens is 218 g/mol. The summed E-state index contributed by atoms with van der Waals surface area (Å²) in [5.74, 6) is 0.918. The Balaban J connectivity index is 2.33. The molecule has 1 heterocycles. The van der Waals surface area contributed by atoms with E-state index in [-0.39, 0.29) is 0 Å². The van der Waals surface area contributed by atoms with Crippen LogP contribution in [0.1, 0.15) is 22.5 Å². The predicted molar refractivity (Wildman–Crippen MR) is 67.1 cm³/mol. The van der Waals surface area contributed by atoms with Crippen LogP contribution < -0.4 is 0 Å². The lowest BCUT2D eigenvalue weighted by Crippen LogP contribution is -1.96. The molecule has 0 spiro atoms. The number of aryl methyl sites for hydroxylation is 3. The standard InChI is InChI=1S/C12H15N3S/c1-8-4-5-9(2)10(6-8)7-11-13-12(16)15(3)14-11/h4-6H,7H2,1-3H3,(H,13,14,16). The number of H-pyrrole nitrogens is 1. The SMILES string of the molecule is Cc1ccc(C)c(Cc2nc(=S)n(C)[nH]2)c1. The Hall–Kier alpha value is -1.42. The Labute approximate surface area is 100 Å². The van der Waals surface area contributed by atoms with Crippen molar-refractivity contribution in [3.8, 4) is 0 Å². The van der Waals surface area contributed by atoms with E-state index in [0.29, 0.717) is 4.77 Å². The highest BCUT2D eigenvalue weighted by atomic mass is 32.1. The van der Waals surface area contributed by atoms with Gasteiger partial charge in [-0.3, -0.25) is 9.78 Å². The Morgan fingerprint density at radius 2 is 2.12 bits per heavy atom. The van der Waals surface area contributed by atoms with Gasteiger partial charge in [-0.05, 0) is 37.2 Å². The lowest BCUT2D eigenvalue weighted by molar-refractivity contribution is 0.739. The third-order valence-electron chi connectivity index (χ3n) is 2.68. The first-order valence-corrected chi connectivity index (χ1v) is 5.65. The van der Waals surface area contributed by atoms with Crippen LogP contribution in [0.3, 0.4) is 0 Å². The molecule has 0 atom stereocenters. The molecule has 0 aliphatic rings. The van der Waals surface area contributed by atoms with E-state index in [4.69, 9.17) is 12.2 Å². The lowest BCUT2D eigenvalue weighted by atomic mass is 10.0. The zero-order valence-electron chi connectivity index (χ0n) is 9.74. The normalized spacial score (nSPS) is 10.7. The highest BCUT2D eigenvalue weighted by Crippen LogP contribution is 2.13. The predicted octanol–water partition coefficient (Wildman–Crippen LogP) is 2.69. The molecule has 0 aliphatic heterocycles. The Kier molecular flexibility index (Phi) is 2.92. The van der Waals surface area contributed by atoms with Gasteiger partial charge >= 0.3 is 0 Å². The summed E-state index contributed by atoms with van der Waals surface area (Å²) in [6.45, 7) is 4.22. The number of rotatable bonds is 2. The summed E-state index contributed by atoms with van der Waals surface area (Å²) in [6, 6.07) is 6.46. The summed E-state index contributed by atoms with van der Waals surface area (Å²) < 4.78 is 2.36. The van der Waals surface area contributed by atoms with Crippen molar-refractivity contribution < 1.29 is 0 Å². The minimum Gasteiger partial charge on any atom is -0.283 e. The van der Waals surface area contributed by atoms with Crippen molar-refractivity contribution in [2.24, 2.45) is 7.05 Å². The topological polar surface area (TPSA) is 33.6 Å². The fourth-order valence-electron chi connectivity index (χ4n) is 1.71. The molecule has 1 aromatic heterocycles. The van der Waals surface area contributed by atoms with E-state index in [0.717, 1.165) is 12.2 Å². The van der Waals surface area contributed by atoms with Gasteiger partial charge in [0, 0.05) is 13.5 Å². The number of hydrogen-bond donors (Lipinski definition) is 1. The molecule has 0 amide bonds. The molecule has 0 saturated carbocycles. The van der Waals surface area contributed by atoms with Gasteiger partial charge in [-0.25, -0.2) is 4.98 Å². The maximum absolute atomic E-state index is 5.07. The van der Waals surface area contributed by atoms with Crippen molar-refractivity contribution in [2.75, 3.05) is 0 Å². The number of hydrogen-bond acceptors (Lipinski definition) is 2. The quantitative estimate of drug-likeness (QED) is 0.809. The van der Waals surface area contributed by atoms with Crippen LogP contribution in [0.2, 0.25) is 0 Å². The number of nitrogens with one attached hydrogen (secondary N) is 1. The summed E-state index contributed by atoms with van der Waals surface area (Å²) in [6.07, 6.45) is 0.804. The second-order valence-corrected chi connectivity index (χ2v) is 4.48. The van der Waals surface area contributed by atoms with Crippen molar-refractivity contribution >= 4 is 12.2 Å². The summed E-state index contributed by atoms with van der Waals surface area (Å²) in [7, 11) is 1.88. The van der Waals surface area contributed by atoms with E-state index in [1.54, 1.807) is 4.68 Å². The van der Waals surface area contributed by atoms with Crippen LogP contribution in [0.15, 0.2) is 18.2 Å². The van der Waals surface area contributed by atoms with Crippen LogP contribution in [0.4, 0.5) is 0 Å². The first-order valence-electron chi connectivity index (χ1n) is 5.24. The lowest BCUT2D eigenvalue weighted by Gasteiger charge is -2.04. The Bertz CT molecular complexity index is 566. The molecule has 0 fully saturated rings. The van der Waals surface area contributed by atoms with E-state index < -0.39 is 0 Å². The van der Waals surface area contributed by atoms with Crippen LogP contribution in [-0.2, 0) is 13.5 Å². The summed E-state index contributed by atoms with van der Waals surface area (Å²) in [5.41, 5.74) is 3.86. The van der Waals surface area contributed by atoms with Crippen LogP contribution in [0, 0.1) is 18.6 Å². The average molecular weight is 233 g/mol. The van der Waals surface area contributed by atoms with Crippen LogP contribution >= 0.6 is 12.2 Å². The molecular formula is C12H15N3S. The summed E-state index contributed by atoms with van der Waals surface area (Å²) in [4.78, 5) is 4.30. The molecule has 84 valence electrons. The molecule has 4 heteroatoms. The maximum atomic E-state index is 5.07. The second kappa shape index (κ2) is 4.22. The van der Waals surface area contributed by atoms with Crippen molar-refractivity contribution in [1.82, 2.24) is 14.8 Å². The maximum Gasteiger partial charge on any atom is 0.215 e. The number of benzene rings is 1. The van der Waals surface area contributed by atoms with E-state index >= 15 is 0 Å². The van der Waals surface area contributed by atoms with Gasteiger partial charge in [0.2, 0.25) is 4.77 Å². The Morgan fingerprint density at radius 3 is 2.75 bits per heavy atom. The van der Waals surface area contributed by atoms with Gasteiger partial charge < -0.3 is 0 Å². The zero-order valence-corrected chi connectivity index (χ0v) is 10.6. The molecule has 0 aliphatic carbocycles. The number of aromatic amines is 1. The minimum absolute atomic E-state index is 0.598. The van der Waals surface area contributed by atoms with E-state index in [1.165, 1.54) is 16.7 Å². The molecule has 0 unspecified atom stereocenters. The average Bonchev–Trinajstić information content (AvgIpc) is 2.52. The number of aromatic nitrogens is 3. The summed E-state index contributed by atoms with van der Waals surface area (Å²) in [5, 5.41) is 3.14. The molecule has 1 N–H and O–H groups in total. The van der Waals surface area contributed by atoms with Crippen molar-refractivity contribution in [2.45, 2.75) is 20.3 Å². The van der Waals surface area contributed by atoms with Gasteiger partial charge in [-0.1, -0.05) is 23.8 Å².